The van der Waals surface area contributed by atoms with E-state index in [0.29, 0.717) is 41.9 Å². The van der Waals surface area contributed by atoms with Gasteiger partial charge in [0.25, 0.3) is 5.56 Å². The summed E-state index contributed by atoms with van der Waals surface area (Å²) in [5.41, 5.74) is 7.75. The monoisotopic (exact) mass is 594 g/mol. The maximum Gasteiger partial charge on any atom is 0.343 e. The maximum atomic E-state index is 15.1. The Morgan fingerprint density at radius 2 is 2.00 bits per heavy atom. The molecule has 3 aliphatic rings. The summed E-state index contributed by atoms with van der Waals surface area (Å²) in [6.07, 6.45) is 1.36. The lowest BCUT2D eigenvalue weighted by molar-refractivity contribution is -0.172. The molecule has 0 saturated carbocycles. The van der Waals surface area contributed by atoms with Gasteiger partial charge in [0.05, 0.1) is 55.4 Å². The van der Waals surface area contributed by atoms with Crippen molar-refractivity contribution in [2.45, 2.75) is 64.2 Å². The number of halogens is 1. The highest BCUT2D eigenvalue weighted by atomic mass is 19.1. The van der Waals surface area contributed by atoms with Gasteiger partial charge in [0.1, 0.15) is 19.2 Å². The summed E-state index contributed by atoms with van der Waals surface area (Å²) in [6, 6.07) is 3.11. The Kier molecular flexibility index (Phi) is 7.36. The summed E-state index contributed by atoms with van der Waals surface area (Å²) in [6.45, 7) is 6.37. The molecule has 1 aromatic carbocycles. The van der Waals surface area contributed by atoms with E-state index >= 15 is 4.39 Å². The summed E-state index contributed by atoms with van der Waals surface area (Å²) >= 11 is 0. The maximum absolute atomic E-state index is 15.1. The molecule has 0 unspecified atom stereocenters. The minimum absolute atomic E-state index is 0.0359. The predicted molar refractivity (Wildman–Crippen MR) is 154 cm³/mol. The standard InChI is InChI=1S/C31H35FN4O7/c1-4-31(40)20-9-23-27-18(12-36(23)28(38)19(20)13-43-29(31)39)26-25-17(16(2)21(32)10-22(25)35-27)5-6-30(26,3)14-41-7-8-42-15-34-24(37)11-33/h9-10,40H,4-8,11-15,33H2,1-3H3,(H,34,37)/t30-,31-/m0/s1. The van der Waals surface area contributed by atoms with E-state index in [2.05, 4.69) is 12.2 Å². The number of ether oxygens (including phenoxy) is 3. The zero-order valence-electron chi connectivity index (χ0n) is 24.5. The summed E-state index contributed by atoms with van der Waals surface area (Å²) in [5.74, 6) is -1.44. The van der Waals surface area contributed by atoms with Crippen molar-refractivity contribution in [2.24, 2.45) is 5.73 Å². The molecular formula is C31H35FN4O7. The lowest BCUT2D eigenvalue weighted by Crippen LogP contribution is -2.44. The number of cyclic esters (lactones) is 1. The van der Waals surface area contributed by atoms with Crippen LogP contribution >= 0.6 is 0 Å². The summed E-state index contributed by atoms with van der Waals surface area (Å²) in [7, 11) is 0. The first-order valence-electron chi connectivity index (χ1n) is 14.5. The molecule has 1 amide bonds. The van der Waals surface area contributed by atoms with Crippen LogP contribution in [0.15, 0.2) is 16.9 Å². The minimum atomic E-state index is -1.94. The zero-order valence-corrected chi connectivity index (χ0v) is 24.5. The van der Waals surface area contributed by atoms with Gasteiger partial charge in [-0.3, -0.25) is 9.59 Å². The van der Waals surface area contributed by atoms with E-state index in [1.165, 1.54) is 6.07 Å². The molecule has 2 aliphatic heterocycles. The van der Waals surface area contributed by atoms with Gasteiger partial charge >= 0.3 is 5.97 Å². The average molecular weight is 595 g/mol. The number of hydrogen-bond acceptors (Lipinski definition) is 9. The van der Waals surface area contributed by atoms with Crippen LogP contribution in [-0.4, -0.2) is 59.6 Å². The van der Waals surface area contributed by atoms with Crippen LogP contribution in [0.25, 0.3) is 22.3 Å². The first-order valence-corrected chi connectivity index (χ1v) is 14.5. The number of amides is 1. The van der Waals surface area contributed by atoms with Crippen LogP contribution in [0, 0.1) is 12.7 Å². The topological polar surface area (TPSA) is 155 Å². The van der Waals surface area contributed by atoms with Crippen LogP contribution in [0.2, 0.25) is 0 Å². The Morgan fingerprint density at radius 3 is 2.74 bits per heavy atom. The number of nitrogens with one attached hydrogen (secondary N) is 1. The molecule has 0 bridgehead atoms. The van der Waals surface area contributed by atoms with E-state index in [4.69, 9.17) is 24.9 Å². The van der Waals surface area contributed by atoms with Crippen LogP contribution < -0.4 is 16.6 Å². The Balaban J connectivity index is 1.42. The van der Waals surface area contributed by atoms with Gasteiger partial charge in [0.15, 0.2) is 5.60 Å². The molecule has 3 aromatic rings. The van der Waals surface area contributed by atoms with Crippen molar-refractivity contribution in [3.05, 3.63) is 61.7 Å². The van der Waals surface area contributed by atoms with Crippen molar-refractivity contribution in [1.82, 2.24) is 14.9 Å². The Morgan fingerprint density at radius 1 is 1.23 bits per heavy atom. The highest BCUT2D eigenvalue weighted by Crippen LogP contribution is 2.49. The predicted octanol–water partition coefficient (Wildman–Crippen LogP) is 1.80. The lowest BCUT2D eigenvalue weighted by Gasteiger charge is -2.37. The lowest BCUT2D eigenvalue weighted by atomic mass is 9.69. The van der Waals surface area contributed by atoms with E-state index in [0.717, 1.165) is 22.1 Å². The fourth-order valence-electron chi connectivity index (χ4n) is 6.73. The molecule has 1 aliphatic carbocycles. The molecule has 0 radical (unpaired) electrons. The van der Waals surface area contributed by atoms with Gasteiger partial charge in [0.2, 0.25) is 5.91 Å². The Labute approximate surface area is 247 Å². The van der Waals surface area contributed by atoms with Crippen molar-refractivity contribution in [2.75, 3.05) is 33.1 Å². The number of carbonyl (C=O) groups is 2. The number of esters is 1. The molecule has 2 atom stereocenters. The molecule has 4 heterocycles. The van der Waals surface area contributed by atoms with Crippen molar-refractivity contribution >= 4 is 22.8 Å². The zero-order chi connectivity index (χ0) is 30.7. The largest absolute Gasteiger partial charge is 0.458 e. The first-order chi connectivity index (χ1) is 20.5. The van der Waals surface area contributed by atoms with Crippen molar-refractivity contribution in [3.63, 3.8) is 0 Å². The second kappa shape index (κ2) is 10.8. The number of aromatic nitrogens is 2. The molecule has 228 valence electrons. The highest BCUT2D eigenvalue weighted by Gasteiger charge is 2.46. The molecule has 11 nitrogen and oxygen atoms in total. The van der Waals surface area contributed by atoms with E-state index in [9.17, 15) is 19.5 Å². The van der Waals surface area contributed by atoms with E-state index < -0.39 is 17.0 Å². The SMILES string of the molecule is CC[C@@]1(O)C(=O)OCc2c1cc1n(c2=O)Cc2c-1nc1cc(F)c(C)c3c1c2[C@](C)(COCCOCNC(=O)CN)CC3. The summed E-state index contributed by atoms with van der Waals surface area (Å²) in [4.78, 5) is 42.6. The number of benzene rings is 1. The smallest absolute Gasteiger partial charge is 0.343 e. The van der Waals surface area contributed by atoms with Crippen molar-refractivity contribution in [1.29, 1.82) is 0 Å². The Bertz CT molecular complexity index is 1740. The second-order valence-electron chi connectivity index (χ2n) is 11.7. The van der Waals surface area contributed by atoms with Crippen LogP contribution in [-0.2, 0) is 54.4 Å². The first kappa shape index (κ1) is 29.4. The number of rotatable bonds is 9. The van der Waals surface area contributed by atoms with Gasteiger partial charge in [-0.25, -0.2) is 14.2 Å². The van der Waals surface area contributed by atoms with Crippen LogP contribution in [0.3, 0.4) is 0 Å². The number of aliphatic hydroxyl groups is 1. The Hall–Kier alpha value is -3.71. The van der Waals surface area contributed by atoms with E-state index in [1.807, 2.05) is 0 Å². The number of hydrogen-bond donors (Lipinski definition) is 3. The average Bonchev–Trinajstić information content (AvgIpc) is 3.36. The molecule has 0 fully saturated rings. The van der Waals surface area contributed by atoms with E-state index in [-0.39, 0.29) is 74.5 Å². The molecule has 6 rings (SSSR count). The van der Waals surface area contributed by atoms with Crippen LogP contribution in [0.1, 0.15) is 60.1 Å². The van der Waals surface area contributed by atoms with Crippen LogP contribution in [0.4, 0.5) is 4.39 Å². The number of carbonyl (C=O) groups excluding carboxylic acids is 2. The molecule has 2 aromatic heterocycles. The highest BCUT2D eigenvalue weighted by molar-refractivity contribution is 5.94. The van der Waals surface area contributed by atoms with Gasteiger partial charge in [-0.15, -0.1) is 0 Å². The number of pyridine rings is 2. The third-order valence-electron chi connectivity index (χ3n) is 9.18. The number of aryl methyl sites for hydroxylation is 1. The normalized spacial score (nSPS) is 21.8. The third kappa shape index (κ3) is 4.55. The second-order valence-corrected chi connectivity index (χ2v) is 11.7. The van der Waals surface area contributed by atoms with Gasteiger partial charge in [-0.2, -0.15) is 0 Å². The molecule has 12 heteroatoms. The minimum Gasteiger partial charge on any atom is -0.458 e. The molecule has 0 spiro atoms. The number of fused-ring (bicyclic) bond motifs is 5. The molecule has 4 N–H and O–H groups in total. The number of nitrogens with zero attached hydrogens (tertiary/aromatic N) is 2. The molecule has 43 heavy (non-hydrogen) atoms. The number of nitrogens with two attached hydrogens (primary N) is 1. The van der Waals surface area contributed by atoms with Crippen LogP contribution in [0.5, 0.6) is 0 Å². The van der Waals surface area contributed by atoms with Crippen molar-refractivity contribution in [3.8, 4) is 11.4 Å². The summed E-state index contributed by atoms with van der Waals surface area (Å²) in [5, 5.41) is 14.7. The quantitative estimate of drug-likeness (QED) is 0.149. The van der Waals surface area contributed by atoms with Crippen molar-refractivity contribution < 1.29 is 33.3 Å². The fourth-order valence-corrected chi connectivity index (χ4v) is 6.73. The van der Waals surface area contributed by atoms with Gasteiger partial charge in [-0.05, 0) is 48.9 Å². The van der Waals surface area contributed by atoms with E-state index in [1.54, 1.807) is 24.5 Å². The molecular weight excluding hydrogens is 559 g/mol. The van der Waals surface area contributed by atoms with Gasteiger partial charge in [-0.1, -0.05) is 13.8 Å². The fraction of sp³-hybridized carbons (Fsp3) is 0.484. The van der Waals surface area contributed by atoms with Gasteiger partial charge in [0, 0.05) is 28.0 Å². The third-order valence-corrected chi connectivity index (χ3v) is 9.18. The van der Waals surface area contributed by atoms with Gasteiger partial charge < -0.3 is 34.9 Å². The molecule has 0 saturated heterocycles. The summed E-state index contributed by atoms with van der Waals surface area (Å²) < 4.78 is 33.5.